The van der Waals surface area contributed by atoms with Crippen molar-refractivity contribution in [3.63, 3.8) is 0 Å². The molecule has 0 saturated heterocycles. The number of nitrogens with zero attached hydrogens (tertiary/aromatic N) is 1. The maximum absolute atomic E-state index is 11.7. The average molecular weight is 277 g/mol. The number of likely N-dealkylation sites (N-methyl/N-ethyl adjacent to an activating group) is 2. The Balaban J connectivity index is 2.20. The second-order valence-corrected chi connectivity index (χ2v) is 4.68. The summed E-state index contributed by atoms with van der Waals surface area (Å²) in [5.41, 5.74) is 0.975. The fraction of sp³-hybridized carbons (Fsp3) is 0.467. The summed E-state index contributed by atoms with van der Waals surface area (Å²) >= 11 is 0. The topological polar surface area (TPSA) is 61.4 Å². The highest BCUT2D eigenvalue weighted by Gasteiger charge is 2.08. The molecule has 1 aromatic rings. The summed E-state index contributed by atoms with van der Waals surface area (Å²) in [7, 11) is 3.62. The molecule has 0 saturated carbocycles. The minimum absolute atomic E-state index is 0.0419. The molecule has 0 atom stereocenters. The van der Waals surface area contributed by atoms with Crippen LogP contribution in [0.4, 0.5) is 0 Å². The molecule has 0 spiro atoms. The molecule has 5 heteroatoms. The van der Waals surface area contributed by atoms with Gasteiger partial charge >= 0.3 is 0 Å². The lowest BCUT2D eigenvalue weighted by Gasteiger charge is -2.16. The number of hydrogen-bond acceptors (Lipinski definition) is 3. The van der Waals surface area contributed by atoms with Crippen LogP contribution in [0.1, 0.15) is 12.0 Å². The van der Waals surface area contributed by atoms with Gasteiger partial charge in [-0.1, -0.05) is 30.3 Å². The molecule has 0 radical (unpaired) electrons. The van der Waals surface area contributed by atoms with Crippen molar-refractivity contribution in [2.75, 3.05) is 33.7 Å². The fourth-order valence-electron chi connectivity index (χ4n) is 1.75. The van der Waals surface area contributed by atoms with Crippen molar-refractivity contribution >= 4 is 11.8 Å². The molecule has 0 fully saturated rings. The van der Waals surface area contributed by atoms with Crippen molar-refractivity contribution in [3.8, 4) is 0 Å². The zero-order valence-corrected chi connectivity index (χ0v) is 12.2. The molecule has 0 aromatic heterocycles. The second kappa shape index (κ2) is 9.09. The van der Waals surface area contributed by atoms with Gasteiger partial charge < -0.3 is 15.5 Å². The molecule has 0 aliphatic rings. The van der Waals surface area contributed by atoms with Crippen LogP contribution in [-0.2, 0) is 16.0 Å². The van der Waals surface area contributed by atoms with Crippen molar-refractivity contribution in [1.82, 2.24) is 15.5 Å². The van der Waals surface area contributed by atoms with E-state index in [1.54, 1.807) is 11.9 Å². The summed E-state index contributed by atoms with van der Waals surface area (Å²) in [6.45, 7) is 1.82. The Labute approximate surface area is 120 Å². The summed E-state index contributed by atoms with van der Waals surface area (Å²) < 4.78 is 0. The standard InChI is InChI=1S/C15H23N3O2/c1-16-10-11-18(2)15(20)8-9-17-14(19)12-13-6-4-3-5-7-13/h3-7,16H,8-12H2,1-2H3,(H,17,19). The quantitative estimate of drug-likeness (QED) is 0.723. The van der Waals surface area contributed by atoms with Gasteiger partial charge in [-0.25, -0.2) is 0 Å². The molecule has 20 heavy (non-hydrogen) atoms. The Hall–Kier alpha value is -1.88. The van der Waals surface area contributed by atoms with E-state index in [1.165, 1.54) is 0 Å². The van der Waals surface area contributed by atoms with Crippen LogP contribution in [0.25, 0.3) is 0 Å². The van der Waals surface area contributed by atoms with Crippen LogP contribution in [0, 0.1) is 0 Å². The van der Waals surface area contributed by atoms with Gasteiger partial charge in [-0.05, 0) is 12.6 Å². The molecule has 0 aliphatic carbocycles. The van der Waals surface area contributed by atoms with E-state index in [0.717, 1.165) is 12.1 Å². The zero-order valence-electron chi connectivity index (χ0n) is 12.2. The molecule has 0 unspecified atom stereocenters. The number of amides is 2. The summed E-state index contributed by atoms with van der Waals surface area (Å²) in [6.07, 6.45) is 0.686. The fourth-order valence-corrected chi connectivity index (χ4v) is 1.75. The molecule has 0 bridgehead atoms. The average Bonchev–Trinajstić information content (AvgIpc) is 2.45. The van der Waals surface area contributed by atoms with Crippen LogP contribution in [-0.4, -0.2) is 50.4 Å². The Morgan fingerprint density at radius 3 is 2.50 bits per heavy atom. The van der Waals surface area contributed by atoms with Crippen molar-refractivity contribution in [2.45, 2.75) is 12.8 Å². The minimum Gasteiger partial charge on any atom is -0.355 e. The number of carbonyl (C=O) groups is 2. The van der Waals surface area contributed by atoms with Crippen molar-refractivity contribution in [2.24, 2.45) is 0 Å². The smallest absolute Gasteiger partial charge is 0.224 e. The van der Waals surface area contributed by atoms with Crippen LogP contribution in [0.3, 0.4) is 0 Å². The predicted molar refractivity (Wildman–Crippen MR) is 79.3 cm³/mol. The van der Waals surface area contributed by atoms with E-state index in [0.29, 0.717) is 25.9 Å². The Kier molecular flexibility index (Phi) is 7.35. The van der Waals surface area contributed by atoms with E-state index in [1.807, 2.05) is 37.4 Å². The van der Waals surface area contributed by atoms with Gasteiger partial charge in [0, 0.05) is 33.1 Å². The monoisotopic (exact) mass is 277 g/mol. The van der Waals surface area contributed by atoms with Crippen LogP contribution in [0.15, 0.2) is 30.3 Å². The first-order chi connectivity index (χ1) is 9.63. The lowest BCUT2D eigenvalue weighted by Crippen LogP contribution is -2.35. The van der Waals surface area contributed by atoms with Crippen molar-refractivity contribution < 1.29 is 9.59 Å². The molecule has 2 amide bonds. The minimum atomic E-state index is -0.0538. The third kappa shape index (κ3) is 6.33. The molecule has 110 valence electrons. The van der Waals surface area contributed by atoms with E-state index in [-0.39, 0.29) is 11.8 Å². The molecular formula is C15H23N3O2. The van der Waals surface area contributed by atoms with Gasteiger partial charge in [0.25, 0.3) is 0 Å². The Bertz CT molecular complexity index is 420. The van der Waals surface area contributed by atoms with Gasteiger partial charge in [-0.3, -0.25) is 9.59 Å². The van der Waals surface area contributed by atoms with E-state index in [2.05, 4.69) is 10.6 Å². The lowest BCUT2D eigenvalue weighted by molar-refractivity contribution is -0.129. The Morgan fingerprint density at radius 2 is 1.85 bits per heavy atom. The van der Waals surface area contributed by atoms with Gasteiger partial charge in [-0.2, -0.15) is 0 Å². The molecule has 1 rings (SSSR count). The highest BCUT2D eigenvalue weighted by atomic mass is 16.2. The second-order valence-electron chi connectivity index (χ2n) is 4.68. The van der Waals surface area contributed by atoms with Gasteiger partial charge in [0.05, 0.1) is 6.42 Å². The maximum atomic E-state index is 11.7. The number of rotatable bonds is 8. The third-order valence-electron chi connectivity index (χ3n) is 2.99. The third-order valence-corrected chi connectivity index (χ3v) is 2.99. The first-order valence-electron chi connectivity index (χ1n) is 6.82. The van der Waals surface area contributed by atoms with Gasteiger partial charge in [-0.15, -0.1) is 0 Å². The van der Waals surface area contributed by atoms with Crippen molar-refractivity contribution in [3.05, 3.63) is 35.9 Å². The van der Waals surface area contributed by atoms with Crippen LogP contribution >= 0.6 is 0 Å². The van der Waals surface area contributed by atoms with Crippen LogP contribution in [0.2, 0.25) is 0 Å². The largest absolute Gasteiger partial charge is 0.355 e. The molecule has 2 N–H and O–H groups in total. The first kappa shape index (κ1) is 16.2. The van der Waals surface area contributed by atoms with E-state index >= 15 is 0 Å². The first-order valence-corrected chi connectivity index (χ1v) is 6.82. The molecule has 0 heterocycles. The highest BCUT2D eigenvalue weighted by Crippen LogP contribution is 1.99. The molecule has 0 aliphatic heterocycles. The summed E-state index contributed by atoms with van der Waals surface area (Å²) in [6, 6.07) is 9.55. The number of benzene rings is 1. The van der Waals surface area contributed by atoms with E-state index < -0.39 is 0 Å². The summed E-state index contributed by atoms with van der Waals surface area (Å²) in [5, 5.41) is 5.76. The number of hydrogen-bond donors (Lipinski definition) is 2. The predicted octanol–water partition coefficient (Wildman–Crippen LogP) is 0.413. The van der Waals surface area contributed by atoms with E-state index in [4.69, 9.17) is 0 Å². The molecular weight excluding hydrogens is 254 g/mol. The molecule has 1 aromatic carbocycles. The SMILES string of the molecule is CNCCN(C)C(=O)CCNC(=O)Cc1ccccc1. The van der Waals surface area contributed by atoms with Gasteiger partial charge in [0.2, 0.25) is 11.8 Å². The van der Waals surface area contributed by atoms with E-state index in [9.17, 15) is 9.59 Å². The highest BCUT2D eigenvalue weighted by molar-refractivity contribution is 5.80. The number of nitrogens with one attached hydrogen (secondary N) is 2. The Morgan fingerprint density at radius 1 is 1.15 bits per heavy atom. The lowest BCUT2D eigenvalue weighted by atomic mass is 10.1. The zero-order chi connectivity index (χ0) is 14.8. The summed E-state index contributed by atoms with van der Waals surface area (Å²) in [5.74, 6) is -0.0119. The molecule has 5 nitrogen and oxygen atoms in total. The van der Waals surface area contributed by atoms with Gasteiger partial charge in [0.1, 0.15) is 0 Å². The van der Waals surface area contributed by atoms with Crippen LogP contribution in [0.5, 0.6) is 0 Å². The van der Waals surface area contributed by atoms with Crippen LogP contribution < -0.4 is 10.6 Å². The maximum Gasteiger partial charge on any atom is 0.224 e. The van der Waals surface area contributed by atoms with Gasteiger partial charge in [0.15, 0.2) is 0 Å². The number of carbonyl (C=O) groups excluding carboxylic acids is 2. The normalized spacial score (nSPS) is 10.1. The summed E-state index contributed by atoms with van der Waals surface area (Å²) in [4.78, 5) is 25.1. The van der Waals surface area contributed by atoms with Crippen molar-refractivity contribution in [1.29, 1.82) is 0 Å².